The fourth-order valence-corrected chi connectivity index (χ4v) is 4.03. The Kier molecular flexibility index (Phi) is 11.8. The van der Waals surface area contributed by atoms with E-state index in [9.17, 15) is 9.00 Å². The summed E-state index contributed by atoms with van der Waals surface area (Å²) in [5.74, 6) is 0. The third-order valence-electron chi connectivity index (χ3n) is 5.20. The maximum Gasteiger partial charge on any atom is 0.407 e. The first-order chi connectivity index (χ1) is 15.9. The summed E-state index contributed by atoms with van der Waals surface area (Å²) in [7, 11) is 0.778. The van der Waals surface area contributed by atoms with Crippen LogP contribution in [-0.4, -0.2) is 45.0 Å². The van der Waals surface area contributed by atoms with Crippen LogP contribution < -0.4 is 9.62 Å². The zero-order valence-electron chi connectivity index (χ0n) is 22.7. The molecule has 2 aromatic rings. The van der Waals surface area contributed by atoms with Gasteiger partial charge in [-0.2, -0.15) is 5.10 Å². The highest BCUT2D eigenvalue weighted by Gasteiger charge is 2.21. The minimum absolute atomic E-state index is 0.114. The van der Waals surface area contributed by atoms with Gasteiger partial charge < -0.3 is 10.1 Å². The van der Waals surface area contributed by atoms with Gasteiger partial charge in [-0.25, -0.2) is 9.00 Å². The van der Waals surface area contributed by atoms with Crippen LogP contribution in [0.3, 0.4) is 0 Å². The van der Waals surface area contributed by atoms with E-state index in [0.29, 0.717) is 6.54 Å². The second-order valence-electron chi connectivity index (χ2n) is 9.07. The number of carbonyl (C=O) groups is 1. The minimum atomic E-state index is -1.05. The van der Waals surface area contributed by atoms with E-state index in [1.807, 2.05) is 65.4 Å². The SMILES string of the molecule is CC.CCc1nn(C[C@H](C)NC(=O)OC(C)(C)C)c(CC)c1Cc1ccc(N(C)S(C)=O)cc1. The van der Waals surface area contributed by atoms with Crippen LogP contribution in [0.4, 0.5) is 10.5 Å². The largest absolute Gasteiger partial charge is 0.444 e. The van der Waals surface area contributed by atoms with Gasteiger partial charge in [-0.15, -0.1) is 0 Å². The average molecular weight is 493 g/mol. The van der Waals surface area contributed by atoms with Gasteiger partial charge in [-0.05, 0) is 58.2 Å². The molecule has 1 aromatic heterocycles. The number of carbonyl (C=O) groups excluding carboxylic acids is 1. The standard InChI is InChI=1S/C24H38N4O3S.C2H6/c1-9-21-20(15-18-11-13-19(14-12-18)27(7)32(8)30)22(10-2)28(26-21)16-17(3)25-23(29)31-24(4,5)6;1-2/h11-14,17H,9-10,15-16H2,1-8H3,(H,25,29);1-2H3/t17-,32?;/m0./s1. The number of anilines is 1. The van der Waals surface area contributed by atoms with Crippen molar-refractivity contribution >= 4 is 22.8 Å². The third kappa shape index (κ3) is 8.78. The molecule has 2 rings (SSSR count). The van der Waals surface area contributed by atoms with E-state index in [4.69, 9.17) is 9.84 Å². The molecule has 0 saturated carbocycles. The van der Waals surface area contributed by atoms with Crippen LogP contribution in [0, 0.1) is 0 Å². The third-order valence-corrected chi connectivity index (χ3v) is 6.18. The fourth-order valence-electron chi connectivity index (χ4n) is 3.61. The van der Waals surface area contributed by atoms with Crippen molar-refractivity contribution < 1.29 is 13.7 Å². The number of amides is 1. The normalized spacial score (nSPS) is 12.9. The Morgan fingerprint density at radius 2 is 1.76 bits per heavy atom. The van der Waals surface area contributed by atoms with Crippen LogP contribution >= 0.6 is 0 Å². The number of benzene rings is 1. The van der Waals surface area contributed by atoms with Gasteiger partial charge in [0.2, 0.25) is 0 Å². The second kappa shape index (κ2) is 13.5. The minimum Gasteiger partial charge on any atom is -0.444 e. The zero-order chi connectivity index (χ0) is 26.1. The van der Waals surface area contributed by atoms with Gasteiger partial charge in [-0.1, -0.05) is 39.8 Å². The molecule has 2 atom stereocenters. The summed E-state index contributed by atoms with van der Waals surface area (Å²) in [6, 6.07) is 8.07. The number of hydrogen-bond acceptors (Lipinski definition) is 4. The lowest BCUT2D eigenvalue weighted by Gasteiger charge is -2.22. The van der Waals surface area contributed by atoms with E-state index >= 15 is 0 Å². The molecule has 0 spiro atoms. The summed E-state index contributed by atoms with van der Waals surface area (Å²) in [6.07, 6.45) is 3.75. The molecule has 0 bridgehead atoms. The Bertz CT molecular complexity index is 933. The van der Waals surface area contributed by atoms with E-state index in [2.05, 4.69) is 31.3 Å². The average Bonchev–Trinajstić information content (AvgIpc) is 3.09. The molecule has 1 aromatic carbocycles. The van der Waals surface area contributed by atoms with Crippen molar-refractivity contribution in [3.05, 3.63) is 46.8 Å². The molecule has 1 unspecified atom stereocenters. The van der Waals surface area contributed by atoms with Crippen LogP contribution in [0.25, 0.3) is 0 Å². The van der Waals surface area contributed by atoms with Crippen molar-refractivity contribution in [3.63, 3.8) is 0 Å². The first-order valence-corrected chi connectivity index (χ1v) is 13.7. The second-order valence-corrected chi connectivity index (χ2v) is 10.5. The summed E-state index contributed by atoms with van der Waals surface area (Å²) in [5.41, 5.74) is 5.12. The maximum absolute atomic E-state index is 12.1. The van der Waals surface area contributed by atoms with Crippen LogP contribution in [0.1, 0.15) is 77.9 Å². The molecule has 34 heavy (non-hydrogen) atoms. The molecule has 192 valence electrons. The highest BCUT2D eigenvalue weighted by Crippen LogP contribution is 2.23. The molecular weight excluding hydrogens is 448 g/mol. The van der Waals surface area contributed by atoms with Crippen LogP contribution in [0.2, 0.25) is 0 Å². The fraction of sp³-hybridized carbons (Fsp3) is 0.615. The maximum atomic E-state index is 12.1. The Hall–Kier alpha value is -2.35. The van der Waals surface area contributed by atoms with Crippen LogP contribution in [0.5, 0.6) is 0 Å². The number of aryl methyl sites for hydroxylation is 1. The molecule has 0 saturated heterocycles. The Morgan fingerprint density at radius 1 is 1.18 bits per heavy atom. The molecule has 0 aliphatic heterocycles. The molecule has 1 heterocycles. The quantitative estimate of drug-likeness (QED) is 0.517. The summed E-state index contributed by atoms with van der Waals surface area (Å²) in [4.78, 5) is 12.1. The van der Waals surface area contributed by atoms with E-state index in [1.165, 1.54) is 16.8 Å². The predicted octanol–water partition coefficient (Wildman–Crippen LogP) is 5.27. The number of nitrogens with zero attached hydrogens (tertiary/aromatic N) is 3. The topological polar surface area (TPSA) is 76.5 Å². The molecule has 0 aliphatic rings. The summed E-state index contributed by atoms with van der Waals surface area (Å²) in [5, 5.41) is 7.77. The Labute approximate surface area is 208 Å². The van der Waals surface area contributed by atoms with Gasteiger partial charge in [0.25, 0.3) is 0 Å². The molecule has 7 nitrogen and oxygen atoms in total. The van der Waals surface area contributed by atoms with Gasteiger partial charge in [0, 0.05) is 42.7 Å². The van der Waals surface area contributed by atoms with E-state index in [1.54, 1.807) is 10.6 Å². The predicted molar refractivity (Wildman–Crippen MR) is 143 cm³/mol. The zero-order valence-corrected chi connectivity index (χ0v) is 23.5. The van der Waals surface area contributed by atoms with E-state index in [0.717, 1.165) is 30.6 Å². The molecular formula is C26H44N4O3S. The van der Waals surface area contributed by atoms with Gasteiger partial charge in [-0.3, -0.25) is 8.99 Å². The number of rotatable bonds is 9. The van der Waals surface area contributed by atoms with Gasteiger partial charge in [0.1, 0.15) is 16.6 Å². The van der Waals surface area contributed by atoms with Crippen molar-refractivity contribution in [1.82, 2.24) is 15.1 Å². The first kappa shape index (κ1) is 29.7. The number of hydrogen-bond donors (Lipinski definition) is 1. The number of alkyl carbamates (subject to hydrolysis) is 1. The monoisotopic (exact) mass is 492 g/mol. The first-order valence-electron chi connectivity index (χ1n) is 12.2. The Balaban J connectivity index is 0.00000281. The van der Waals surface area contributed by atoms with Gasteiger partial charge >= 0.3 is 6.09 Å². The molecule has 0 aliphatic carbocycles. The smallest absolute Gasteiger partial charge is 0.407 e. The summed E-state index contributed by atoms with van der Waals surface area (Å²) >= 11 is 0. The van der Waals surface area contributed by atoms with E-state index < -0.39 is 22.7 Å². The molecule has 0 radical (unpaired) electrons. The molecule has 1 amide bonds. The molecule has 1 N–H and O–H groups in total. The molecule has 0 fully saturated rings. The van der Waals surface area contributed by atoms with Crippen molar-refractivity contribution in [2.75, 3.05) is 17.6 Å². The van der Waals surface area contributed by atoms with Crippen molar-refractivity contribution in [3.8, 4) is 0 Å². The van der Waals surface area contributed by atoms with Crippen LogP contribution in [0.15, 0.2) is 24.3 Å². The van der Waals surface area contributed by atoms with Crippen molar-refractivity contribution in [1.29, 1.82) is 0 Å². The summed E-state index contributed by atoms with van der Waals surface area (Å²) in [6.45, 7) is 16.4. The lowest BCUT2D eigenvalue weighted by atomic mass is 10.00. The van der Waals surface area contributed by atoms with Crippen LogP contribution in [-0.2, 0) is 41.5 Å². The van der Waals surface area contributed by atoms with Crippen molar-refractivity contribution in [2.24, 2.45) is 0 Å². The Morgan fingerprint density at radius 3 is 2.24 bits per heavy atom. The van der Waals surface area contributed by atoms with Crippen molar-refractivity contribution in [2.45, 2.75) is 92.8 Å². The number of aromatic nitrogens is 2. The van der Waals surface area contributed by atoms with E-state index in [-0.39, 0.29) is 6.04 Å². The van der Waals surface area contributed by atoms with Gasteiger partial charge in [0.05, 0.1) is 12.2 Å². The highest BCUT2D eigenvalue weighted by atomic mass is 32.2. The number of ether oxygens (including phenoxy) is 1. The molecule has 8 heteroatoms. The van der Waals surface area contributed by atoms with Gasteiger partial charge in [0.15, 0.2) is 0 Å². The lowest BCUT2D eigenvalue weighted by molar-refractivity contribution is 0.0503. The highest BCUT2D eigenvalue weighted by molar-refractivity contribution is 7.85. The number of nitrogens with one attached hydrogen (secondary N) is 1. The summed E-state index contributed by atoms with van der Waals surface area (Å²) < 4.78 is 20.8. The lowest BCUT2D eigenvalue weighted by Crippen LogP contribution is -2.40.